The molecule has 164 valence electrons. The van der Waals surface area contributed by atoms with Crippen LogP contribution in [-0.4, -0.2) is 38.5 Å². The number of aryl methyl sites for hydroxylation is 2. The summed E-state index contributed by atoms with van der Waals surface area (Å²) in [6.07, 6.45) is 2.01. The zero-order chi connectivity index (χ0) is 22.5. The van der Waals surface area contributed by atoms with Crippen molar-refractivity contribution in [3.8, 4) is 16.9 Å². The Morgan fingerprint density at radius 1 is 1.06 bits per heavy atom. The molecule has 0 aliphatic rings. The first kappa shape index (κ1) is 21.9. The molecule has 0 aliphatic carbocycles. The van der Waals surface area contributed by atoms with Crippen LogP contribution in [0, 0.1) is 13.8 Å². The fraction of sp³-hybridized carbons (Fsp3) is 0.240. The molecule has 0 saturated heterocycles. The quantitative estimate of drug-likeness (QED) is 0.380. The van der Waals surface area contributed by atoms with Crippen LogP contribution in [0.4, 0.5) is 0 Å². The number of thioether (sulfide) groups is 1. The van der Waals surface area contributed by atoms with Crippen LogP contribution in [0.2, 0.25) is 0 Å². The van der Waals surface area contributed by atoms with Gasteiger partial charge in [0.05, 0.1) is 22.8 Å². The molecule has 0 spiro atoms. The Kier molecular flexibility index (Phi) is 6.75. The third kappa shape index (κ3) is 4.94. The molecule has 4 aromatic rings. The van der Waals surface area contributed by atoms with Crippen LogP contribution in [0.5, 0.6) is 0 Å². The van der Waals surface area contributed by atoms with Crippen molar-refractivity contribution >= 4 is 17.7 Å². The van der Waals surface area contributed by atoms with Crippen molar-refractivity contribution < 1.29 is 9.32 Å². The summed E-state index contributed by atoms with van der Waals surface area (Å²) in [5.74, 6) is 2.00. The molecule has 7 heteroatoms. The highest BCUT2D eigenvalue weighted by Crippen LogP contribution is 2.25. The van der Waals surface area contributed by atoms with Crippen LogP contribution in [0.1, 0.15) is 22.6 Å². The van der Waals surface area contributed by atoms with Gasteiger partial charge < -0.3 is 9.42 Å². The van der Waals surface area contributed by atoms with Gasteiger partial charge in [0.2, 0.25) is 5.91 Å². The second-order valence-corrected chi connectivity index (χ2v) is 8.68. The molecule has 0 fully saturated rings. The van der Waals surface area contributed by atoms with Gasteiger partial charge in [-0.2, -0.15) is 5.10 Å². The molecule has 2 heterocycles. The summed E-state index contributed by atoms with van der Waals surface area (Å²) >= 11 is 1.58. The fourth-order valence-corrected chi connectivity index (χ4v) is 4.59. The van der Waals surface area contributed by atoms with Crippen molar-refractivity contribution in [2.24, 2.45) is 0 Å². The first-order valence-electron chi connectivity index (χ1n) is 10.5. The molecule has 32 heavy (non-hydrogen) atoms. The average molecular weight is 447 g/mol. The second-order valence-electron chi connectivity index (χ2n) is 7.69. The largest absolute Gasteiger partial charge is 0.361 e. The summed E-state index contributed by atoms with van der Waals surface area (Å²) in [5, 5.41) is 8.81. The maximum atomic E-state index is 12.8. The first-order chi connectivity index (χ1) is 15.5. The number of hydrogen-bond donors (Lipinski definition) is 0. The summed E-state index contributed by atoms with van der Waals surface area (Å²) in [5.41, 5.74) is 5.87. The number of hydrogen-bond acceptors (Lipinski definition) is 5. The van der Waals surface area contributed by atoms with Gasteiger partial charge in [-0.3, -0.25) is 4.79 Å². The van der Waals surface area contributed by atoms with E-state index in [9.17, 15) is 4.79 Å². The minimum atomic E-state index is 0.0771. The van der Waals surface area contributed by atoms with E-state index < -0.39 is 0 Å². The Hall–Kier alpha value is -3.32. The minimum absolute atomic E-state index is 0.0771. The molecule has 0 saturated carbocycles. The maximum Gasteiger partial charge on any atom is 0.232 e. The lowest BCUT2D eigenvalue weighted by atomic mass is 10.1. The molecule has 2 aromatic heterocycles. The number of carbonyl (C=O) groups is 1. The average Bonchev–Trinajstić information content (AvgIpc) is 3.38. The minimum Gasteiger partial charge on any atom is -0.361 e. The van der Waals surface area contributed by atoms with Gasteiger partial charge in [0.15, 0.2) is 0 Å². The highest BCUT2D eigenvalue weighted by Gasteiger charge is 2.17. The van der Waals surface area contributed by atoms with E-state index in [2.05, 4.69) is 5.16 Å². The van der Waals surface area contributed by atoms with E-state index in [-0.39, 0.29) is 5.91 Å². The predicted octanol–water partition coefficient (Wildman–Crippen LogP) is 5.04. The Bertz CT molecular complexity index is 1170. The number of aromatic nitrogens is 3. The molecule has 2 aromatic carbocycles. The summed E-state index contributed by atoms with van der Waals surface area (Å²) in [6.45, 7) is 4.32. The van der Waals surface area contributed by atoms with Crippen LogP contribution in [0.3, 0.4) is 0 Å². The molecule has 4 rings (SSSR count). The molecular formula is C25H26N4O2S. The second kappa shape index (κ2) is 9.87. The number of benzene rings is 2. The SMILES string of the molecule is Cc1noc(C)c1CSCC(=O)N(C)Cc1cn(-c2ccccc2)nc1-c1ccccc1. The predicted molar refractivity (Wildman–Crippen MR) is 128 cm³/mol. The molecule has 0 radical (unpaired) electrons. The van der Waals surface area contributed by atoms with Crippen LogP contribution >= 0.6 is 11.8 Å². The van der Waals surface area contributed by atoms with Crippen LogP contribution in [0.25, 0.3) is 16.9 Å². The van der Waals surface area contributed by atoms with E-state index in [1.165, 1.54) is 0 Å². The molecule has 6 nitrogen and oxygen atoms in total. The van der Waals surface area contributed by atoms with Crippen LogP contribution in [0.15, 0.2) is 71.4 Å². The highest BCUT2D eigenvalue weighted by atomic mass is 32.2. The zero-order valence-electron chi connectivity index (χ0n) is 18.5. The van der Waals surface area contributed by atoms with Gasteiger partial charge in [0.1, 0.15) is 5.76 Å². The standard InChI is InChI=1S/C25H26N4O2S/c1-18-23(19(2)31-27-18)16-32-17-24(30)28(3)14-21-15-29(22-12-8-5-9-13-22)26-25(21)20-10-6-4-7-11-20/h4-13,15H,14,16-17H2,1-3H3. The van der Waals surface area contributed by atoms with Gasteiger partial charge in [-0.05, 0) is 26.0 Å². The molecule has 0 unspecified atom stereocenters. The smallest absolute Gasteiger partial charge is 0.232 e. The number of rotatable bonds is 8. The third-order valence-corrected chi connectivity index (χ3v) is 6.29. The molecule has 0 N–H and O–H groups in total. The number of nitrogens with zero attached hydrogens (tertiary/aromatic N) is 4. The Balaban J connectivity index is 1.48. The van der Waals surface area contributed by atoms with Crippen molar-refractivity contribution in [3.05, 3.63) is 89.4 Å². The first-order valence-corrected chi connectivity index (χ1v) is 11.6. The van der Waals surface area contributed by atoms with E-state index in [1.807, 2.05) is 92.4 Å². The lowest BCUT2D eigenvalue weighted by Crippen LogP contribution is -2.28. The van der Waals surface area contributed by atoms with Gasteiger partial charge >= 0.3 is 0 Å². The normalized spacial score (nSPS) is 11.0. The summed E-state index contributed by atoms with van der Waals surface area (Å²) in [6, 6.07) is 20.1. The topological polar surface area (TPSA) is 64.2 Å². The van der Waals surface area contributed by atoms with Crippen LogP contribution < -0.4 is 0 Å². The molecule has 1 amide bonds. The van der Waals surface area contributed by atoms with Crippen molar-refractivity contribution in [2.75, 3.05) is 12.8 Å². The van der Waals surface area contributed by atoms with E-state index in [0.29, 0.717) is 18.1 Å². The Labute approximate surface area is 192 Å². The highest BCUT2D eigenvalue weighted by molar-refractivity contribution is 7.99. The van der Waals surface area contributed by atoms with E-state index in [1.54, 1.807) is 16.7 Å². The van der Waals surface area contributed by atoms with Gasteiger partial charge in [-0.25, -0.2) is 4.68 Å². The van der Waals surface area contributed by atoms with E-state index in [4.69, 9.17) is 9.62 Å². The number of para-hydroxylation sites is 1. The van der Waals surface area contributed by atoms with Crippen molar-refractivity contribution in [3.63, 3.8) is 0 Å². The van der Waals surface area contributed by atoms with Crippen molar-refractivity contribution in [1.29, 1.82) is 0 Å². The van der Waals surface area contributed by atoms with Gasteiger partial charge in [0, 0.05) is 42.2 Å². The van der Waals surface area contributed by atoms with Gasteiger partial charge in [0.25, 0.3) is 0 Å². The van der Waals surface area contributed by atoms with Crippen molar-refractivity contribution in [2.45, 2.75) is 26.1 Å². The summed E-state index contributed by atoms with van der Waals surface area (Å²) in [7, 11) is 1.84. The molecule has 0 atom stereocenters. The number of amides is 1. The fourth-order valence-electron chi connectivity index (χ4n) is 3.48. The maximum absolute atomic E-state index is 12.8. The summed E-state index contributed by atoms with van der Waals surface area (Å²) < 4.78 is 7.08. The monoisotopic (exact) mass is 446 g/mol. The lowest BCUT2D eigenvalue weighted by Gasteiger charge is -2.17. The van der Waals surface area contributed by atoms with Gasteiger partial charge in [-0.1, -0.05) is 53.7 Å². The molecule has 0 aliphatic heterocycles. The lowest BCUT2D eigenvalue weighted by molar-refractivity contribution is -0.127. The van der Waals surface area contributed by atoms with Crippen LogP contribution in [-0.2, 0) is 17.1 Å². The Morgan fingerprint density at radius 3 is 2.41 bits per heavy atom. The number of carbonyl (C=O) groups excluding carboxylic acids is 1. The van der Waals surface area contributed by atoms with Crippen molar-refractivity contribution in [1.82, 2.24) is 19.8 Å². The third-order valence-electron chi connectivity index (χ3n) is 5.34. The molecule has 0 bridgehead atoms. The molecular weight excluding hydrogens is 420 g/mol. The Morgan fingerprint density at radius 2 is 1.75 bits per heavy atom. The summed E-state index contributed by atoms with van der Waals surface area (Å²) in [4.78, 5) is 14.6. The van der Waals surface area contributed by atoms with E-state index in [0.717, 1.165) is 39.5 Å². The zero-order valence-corrected chi connectivity index (χ0v) is 19.3. The van der Waals surface area contributed by atoms with Gasteiger partial charge in [-0.15, -0.1) is 11.8 Å². The van der Waals surface area contributed by atoms with E-state index >= 15 is 0 Å².